The molecule has 1 N–H and O–H groups in total. The maximum Gasteiger partial charge on any atom is 0.310 e. The molecule has 0 saturated carbocycles. The number of carboxylic acids is 1. The Balaban J connectivity index is 2.70. The first-order valence-corrected chi connectivity index (χ1v) is 6.53. The van der Waals surface area contributed by atoms with E-state index in [1.54, 1.807) is 0 Å². The van der Waals surface area contributed by atoms with Gasteiger partial charge in [-0.3, -0.25) is 14.9 Å². The molecule has 0 radical (unpaired) electrons. The van der Waals surface area contributed by atoms with Crippen molar-refractivity contribution >= 4 is 11.7 Å². The third-order valence-corrected chi connectivity index (χ3v) is 3.15. The minimum Gasteiger partial charge on any atom is -0.481 e. The van der Waals surface area contributed by atoms with E-state index < -0.39 is 16.8 Å². The molecule has 0 aliphatic rings. The van der Waals surface area contributed by atoms with Gasteiger partial charge in [-0.2, -0.15) is 0 Å². The van der Waals surface area contributed by atoms with Gasteiger partial charge in [-0.05, 0) is 12.0 Å². The van der Waals surface area contributed by atoms with Crippen LogP contribution in [0.5, 0.6) is 0 Å². The van der Waals surface area contributed by atoms with E-state index in [-0.39, 0.29) is 5.69 Å². The first kappa shape index (κ1) is 15.1. The van der Waals surface area contributed by atoms with Crippen LogP contribution in [-0.2, 0) is 4.79 Å². The Labute approximate surface area is 112 Å². The highest BCUT2D eigenvalue weighted by molar-refractivity contribution is 5.76. The maximum atomic E-state index is 11.2. The predicted octanol–water partition coefficient (Wildman–Crippen LogP) is 3.73. The normalized spacial score (nSPS) is 12.1. The van der Waals surface area contributed by atoms with Gasteiger partial charge in [0.2, 0.25) is 0 Å². The molecule has 19 heavy (non-hydrogen) atoms. The number of benzene rings is 1. The maximum absolute atomic E-state index is 11.2. The number of unbranched alkanes of at least 4 members (excludes halogenated alkanes) is 3. The number of nitro groups is 1. The number of carbonyl (C=O) groups is 1. The van der Waals surface area contributed by atoms with Crippen molar-refractivity contribution in [3.05, 3.63) is 39.9 Å². The first-order chi connectivity index (χ1) is 9.06. The van der Waals surface area contributed by atoms with Gasteiger partial charge in [0.25, 0.3) is 5.69 Å². The SMILES string of the molecule is CCCCCCC(C(=O)O)c1ccc([N+](=O)[O-])cc1. The van der Waals surface area contributed by atoms with Crippen LogP contribution >= 0.6 is 0 Å². The largest absolute Gasteiger partial charge is 0.481 e. The minimum absolute atomic E-state index is 0.0149. The molecule has 1 aromatic carbocycles. The Morgan fingerprint density at radius 1 is 1.26 bits per heavy atom. The van der Waals surface area contributed by atoms with Gasteiger partial charge in [0.15, 0.2) is 0 Å². The fraction of sp³-hybridized carbons (Fsp3) is 0.500. The zero-order valence-electron chi connectivity index (χ0n) is 11.0. The predicted molar refractivity (Wildman–Crippen MR) is 72.2 cm³/mol. The second-order valence-corrected chi connectivity index (χ2v) is 4.59. The summed E-state index contributed by atoms with van der Waals surface area (Å²) in [5, 5.41) is 19.8. The quantitative estimate of drug-likeness (QED) is 0.441. The van der Waals surface area contributed by atoms with Crippen LogP contribution in [0.25, 0.3) is 0 Å². The Hall–Kier alpha value is -1.91. The zero-order valence-corrected chi connectivity index (χ0v) is 11.0. The summed E-state index contributed by atoms with van der Waals surface area (Å²) in [4.78, 5) is 21.3. The van der Waals surface area contributed by atoms with Crippen LogP contribution in [0.1, 0.15) is 50.5 Å². The fourth-order valence-electron chi connectivity index (χ4n) is 2.04. The van der Waals surface area contributed by atoms with Gasteiger partial charge in [-0.15, -0.1) is 0 Å². The van der Waals surface area contributed by atoms with Gasteiger partial charge in [0.05, 0.1) is 10.8 Å². The zero-order chi connectivity index (χ0) is 14.3. The van der Waals surface area contributed by atoms with E-state index in [1.165, 1.54) is 24.3 Å². The molecule has 1 atom stereocenters. The molecular weight excluding hydrogens is 246 g/mol. The van der Waals surface area contributed by atoms with Crippen molar-refractivity contribution in [3.63, 3.8) is 0 Å². The molecule has 0 saturated heterocycles. The molecule has 5 heteroatoms. The number of hydrogen-bond acceptors (Lipinski definition) is 3. The third kappa shape index (κ3) is 4.69. The van der Waals surface area contributed by atoms with Crippen LogP contribution in [0.15, 0.2) is 24.3 Å². The fourth-order valence-corrected chi connectivity index (χ4v) is 2.04. The summed E-state index contributed by atoms with van der Waals surface area (Å²) in [6.45, 7) is 2.10. The van der Waals surface area contributed by atoms with E-state index in [9.17, 15) is 20.0 Å². The van der Waals surface area contributed by atoms with Crippen LogP contribution < -0.4 is 0 Å². The molecule has 0 spiro atoms. The number of hydrogen-bond donors (Lipinski definition) is 1. The topological polar surface area (TPSA) is 80.4 Å². The van der Waals surface area contributed by atoms with Gasteiger partial charge in [0, 0.05) is 12.1 Å². The van der Waals surface area contributed by atoms with E-state index in [2.05, 4.69) is 6.92 Å². The van der Waals surface area contributed by atoms with Crippen molar-refractivity contribution in [2.45, 2.75) is 44.9 Å². The highest BCUT2D eigenvalue weighted by Gasteiger charge is 2.20. The van der Waals surface area contributed by atoms with Crippen LogP contribution in [0.4, 0.5) is 5.69 Å². The lowest BCUT2D eigenvalue weighted by Crippen LogP contribution is -2.11. The van der Waals surface area contributed by atoms with E-state index >= 15 is 0 Å². The van der Waals surface area contributed by atoms with Crippen molar-refractivity contribution in [3.8, 4) is 0 Å². The van der Waals surface area contributed by atoms with Crippen molar-refractivity contribution in [1.82, 2.24) is 0 Å². The van der Waals surface area contributed by atoms with Crippen molar-refractivity contribution in [2.24, 2.45) is 0 Å². The average Bonchev–Trinajstić information content (AvgIpc) is 2.38. The smallest absolute Gasteiger partial charge is 0.310 e. The molecule has 0 bridgehead atoms. The summed E-state index contributed by atoms with van der Waals surface area (Å²) >= 11 is 0. The molecule has 0 aliphatic heterocycles. The minimum atomic E-state index is -0.870. The molecule has 0 amide bonds. The van der Waals surface area contributed by atoms with Crippen LogP contribution in [-0.4, -0.2) is 16.0 Å². The summed E-state index contributed by atoms with van der Waals surface area (Å²) in [5.74, 6) is -1.44. The van der Waals surface area contributed by atoms with Crippen molar-refractivity contribution in [2.75, 3.05) is 0 Å². The van der Waals surface area contributed by atoms with E-state index in [0.717, 1.165) is 25.7 Å². The van der Waals surface area contributed by atoms with Gasteiger partial charge in [0.1, 0.15) is 0 Å². The lowest BCUT2D eigenvalue weighted by Gasteiger charge is -2.12. The average molecular weight is 265 g/mol. The summed E-state index contributed by atoms with van der Waals surface area (Å²) in [7, 11) is 0. The second-order valence-electron chi connectivity index (χ2n) is 4.59. The number of nitro benzene ring substituents is 1. The number of carboxylic acid groups (broad SMARTS) is 1. The summed E-state index contributed by atoms with van der Waals surface area (Å²) < 4.78 is 0. The summed E-state index contributed by atoms with van der Waals surface area (Å²) in [6, 6.07) is 5.79. The molecule has 1 rings (SSSR count). The van der Waals surface area contributed by atoms with Gasteiger partial charge in [-0.25, -0.2) is 0 Å². The van der Waals surface area contributed by atoms with E-state index in [4.69, 9.17) is 0 Å². The summed E-state index contributed by atoms with van der Waals surface area (Å²) in [6.07, 6.45) is 4.67. The first-order valence-electron chi connectivity index (χ1n) is 6.53. The molecule has 104 valence electrons. The lowest BCUT2D eigenvalue weighted by molar-refractivity contribution is -0.384. The van der Waals surface area contributed by atoms with Crippen molar-refractivity contribution in [1.29, 1.82) is 0 Å². The molecule has 1 aromatic rings. The number of non-ortho nitro benzene ring substituents is 1. The molecule has 5 nitrogen and oxygen atoms in total. The highest BCUT2D eigenvalue weighted by Crippen LogP contribution is 2.25. The van der Waals surface area contributed by atoms with Gasteiger partial charge >= 0.3 is 5.97 Å². The molecule has 0 fully saturated rings. The van der Waals surface area contributed by atoms with E-state index in [0.29, 0.717) is 12.0 Å². The van der Waals surface area contributed by atoms with Gasteiger partial charge < -0.3 is 5.11 Å². The van der Waals surface area contributed by atoms with Crippen LogP contribution in [0.3, 0.4) is 0 Å². The molecule has 0 aromatic heterocycles. The Bertz CT molecular complexity index is 428. The van der Waals surface area contributed by atoms with Crippen molar-refractivity contribution < 1.29 is 14.8 Å². The van der Waals surface area contributed by atoms with E-state index in [1.807, 2.05) is 0 Å². The molecule has 1 unspecified atom stereocenters. The van der Waals surface area contributed by atoms with Crippen LogP contribution in [0.2, 0.25) is 0 Å². The standard InChI is InChI=1S/C14H19NO4/c1-2-3-4-5-6-13(14(16)17)11-7-9-12(10-8-11)15(18)19/h7-10,13H,2-6H2,1H3,(H,16,17). The highest BCUT2D eigenvalue weighted by atomic mass is 16.6. The molecule has 0 heterocycles. The number of rotatable bonds is 8. The summed E-state index contributed by atoms with van der Waals surface area (Å²) in [5.41, 5.74) is 0.619. The lowest BCUT2D eigenvalue weighted by atomic mass is 9.93. The number of nitrogens with zero attached hydrogens (tertiary/aromatic N) is 1. The van der Waals surface area contributed by atoms with Gasteiger partial charge in [-0.1, -0.05) is 44.7 Å². The number of aliphatic carboxylic acids is 1. The monoisotopic (exact) mass is 265 g/mol. The van der Waals surface area contributed by atoms with Crippen LogP contribution in [0, 0.1) is 10.1 Å². The Morgan fingerprint density at radius 3 is 2.37 bits per heavy atom. The molecular formula is C14H19NO4. The third-order valence-electron chi connectivity index (χ3n) is 3.15. The Morgan fingerprint density at radius 2 is 1.89 bits per heavy atom. The molecule has 0 aliphatic carbocycles. The Kier molecular flexibility index (Phi) is 5.99. The second kappa shape index (κ2) is 7.51.